The quantitative estimate of drug-likeness (QED) is 0.768. The van der Waals surface area contributed by atoms with Crippen LogP contribution in [0.2, 0.25) is 0 Å². The van der Waals surface area contributed by atoms with Crippen molar-refractivity contribution in [3.63, 3.8) is 0 Å². The van der Waals surface area contributed by atoms with Gasteiger partial charge in [0.2, 0.25) is 0 Å². The normalized spacial score (nSPS) is 21.5. The molecule has 0 aliphatic carbocycles. The van der Waals surface area contributed by atoms with E-state index in [9.17, 15) is 0 Å². The number of thiazole rings is 1. The molecule has 2 rings (SSSR count). The summed E-state index contributed by atoms with van der Waals surface area (Å²) < 4.78 is 0. The molecule has 1 atom stereocenters. The average molecular weight is 274 g/mol. The van der Waals surface area contributed by atoms with Gasteiger partial charge in [-0.3, -0.25) is 4.90 Å². The maximum absolute atomic E-state index is 5.78. The molecule has 0 amide bonds. The molecule has 0 saturated carbocycles. The molecule has 3 nitrogen and oxygen atoms in total. The molecule has 96 valence electrons. The summed E-state index contributed by atoms with van der Waals surface area (Å²) in [5.41, 5.74) is 1.01. The van der Waals surface area contributed by atoms with Crippen LogP contribution in [-0.2, 0) is 12.4 Å². The summed E-state index contributed by atoms with van der Waals surface area (Å²) in [5.74, 6) is 0.525. The zero-order valence-electron chi connectivity index (χ0n) is 10.5. The van der Waals surface area contributed by atoms with Gasteiger partial charge in [0, 0.05) is 18.0 Å². The van der Waals surface area contributed by atoms with E-state index in [-0.39, 0.29) is 0 Å². The summed E-state index contributed by atoms with van der Waals surface area (Å²) in [6.07, 6.45) is 2.62. The monoisotopic (exact) mass is 273 g/mol. The number of likely N-dealkylation sites (N-methyl/N-ethyl adjacent to an activating group) is 1. The number of nitrogens with zero attached hydrogens (tertiary/aromatic N) is 3. The molecule has 0 radical (unpaired) electrons. The highest BCUT2D eigenvalue weighted by Crippen LogP contribution is 2.22. The molecule has 0 bridgehead atoms. The van der Waals surface area contributed by atoms with Crippen LogP contribution in [0.25, 0.3) is 0 Å². The van der Waals surface area contributed by atoms with E-state index in [1.54, 1.807) is 11.3 Å². The molecule has 1 aliphatic heterocycles. The number of rotatable bonds is 5. The molecule has 0 N–H and O–H groups in total. The first-order valence-corrected chi connectivity index (χ1v) is 7.48. The van der Waals surface area contributed by atoms with Crippen LogP contribution in [0.4, 0.5) is 0 Å². The Balaban J connectivity index is 1.92. The van der Waals surface area contributed by atoms with Crippen LogP contribution in [0.3, 0.4) is 0 Å². The Bertz CT molecular complexity index is 353. The van der Waals surface area contributed by atoms with Crippen LogP contribution in [0.5, 0.6) is 0 Å². The van der Waals surface area contributed by atoms with Gasteiger partial charge in [-0.2, -0.15) is 0 Å². The summed E-state index contributed by atoms with van der Waals surface area (Å²) in [5, 5.41) is 3.27. The highest BCUT2D eigenvalue weighted by atomic mass is 35.5. The molecule has 5 heteroatoms. The van der Waals surface area contributed by atoms with Crippen molar-refractivity contribution in [3.8, 4) is 0 Å². The van der Waals surface area contributed by atoms with Gasteiger partial charge in [0.05, 0.1) is 18.1 Å². The molecule has 2 heterocycles. The number of halogens is 1. The van der Waals surface area contributed by atoms with Crippen molar-refractivity contribution in [2.75, 3.05) is 27.2 Å². The maximum Gasteiger partial charge on any atom is 0.107 e. The summed E-state index contributed by atoms with van der Waals surface area (Å²) in [6, 6.07) is 0.688. The van der Waals surface area contributed by atoms with Gasteiger partial charge in [-0.05, 0) is 33.5 Å². The smallest absolute Gasteiger partial charge is 0.107 e. The van der Waals surface area contributed by atoms with Gasteiger partial charge in [0.1, 0.15) is 5.01 Å². The molecule has 1 aromatic heterocycles. The highest BCUT2D eigenvalue weighted by Gasteiger charge is 2.25. The third kappa shape index (κ3) is 3.65. The Kier molecular flexibility index (Phi) is 4.79. The molecule has 1 aromatic rings. The number of hydrogen-bond donors (Lipinski definition) is 0. The van der Waals surface area contributed by atoms with E-state index < -0.39 is 0 Å². The lowest BCUT2D eigenvalue weighted by atomic mass is 10.2. The minimum absolute atomic E-state index is 0.525. The number of alkyl halides is 1. The summed E-state index contributed by atoms with van der Waals surface area (Å²) >= 11 is 7.51. The largest absolute Gasteiger partial charge is 0.308 e. The van der Waals surface area contributed by atoms with Gasteiger partial charge >= 0.3 is 0 Å². The number of likely N-dealkylation sites (tertiary alicyclic amines) is 1. The zero-order valence-corrected chi connectivity index (χ0v) is 12.1. The lowest BCUT2D eigenvalue weighted by Gasteiger charge is -2.26. The molecule has 1 fully saturated rings. The Hall–Kier alpha value is -0.160. The summed E-state index contributed by atoms with van der Waals surface area (Å²) in [7, 11) is 4.29. The van der Waals surface area contributed by atoms with Gasteiger partial charge in [0.25, 0.3) is 0 Å². The minimum Gasteiger partial charge on any atom is -0.308 e. The lowest BCUT2D eigenvalue weighted by molar-refractivity contribution is 0.201. The van der Waals surface area contributed by atoms with Crippen molar-refractivity contribution in [3.05, 3.63) is 16.1 Å². The SMILES string of the molecule is CN(C)CC1CCCN1Cc1nc(CCl)cs1. The first kappa shape index (κ1) is 13.3. The van der Waals surface area contributed by atoms with Crippen LogP contribution < -0.4 is 0 Å². The van der Waals surface area contributed by atoms with E-state index in [1.807, 2.05) is 0 Å². The molecule has 1 aliphatic rings. The summed E-state index contributed by atoms with van der Waals surface area (Å²) in [4.78, 5) is 9.36. The molecular weight excluding hydrogens is 254 g/mol. The standard InChI is InChI=1S/C12H20ClN3S/c1-15(2)7-11-4-3-5-16(11)8-12-14-10(6-13)9-17-12/h9,11H,3-8H2,1-2H3. The fourth-order valence-corrected chi connectivity index (χ4v) is 3.44. The predicted molar refractivity (Wildman–Crippen MR) is 73.7 cm³/mol. The van der Waals surface area contributed by atoms with Crippen LogP contribution in [0.15, 0.2) is 5.38 Å². The molecular formula is C12H20ClN3S. The van der Waals surface area contributed by atoms with Gasteiger partial charge in [-0.1, -0.05) is 0 Å². The van der Waals surface area contributed by atoms with Gasteiger partial charge in [0.15, 0.2) is 0 Å². The van der Waals surface area contributed by atoms with Gasteiger partial charge in [-0.15, -0.1) is 22.9 Å². The van der Waals surface area contributed by atoms with Crippen molar-refractivity contribution in [2.45, 2.75) is 31.3 Å². The second kappa shape index (κ2) is 6.14. The Labute approximate surface area is 112 Å². The third-order valence-electron chi connectivity index (χ3n) is 3.15. The van der Waals surface area contributed by atoms with Crippen molar-refractivity contribution in [2.24, 2.45) is 0 Å². The van der Waals surface area contributed by atoms with E-state index in [2.05, 4.69) is 34.3 Å². The topological polar surface area (TPSA) is 19.4 Å². The van der Waals surface area contributed by atoms with Crippen molar-refractivity contribution < 1.29 is 0 Å². The number of hydrogen-bond acceptors (Lipinski definition) is 4. The average Bonchev–Trinajstić information content (AvgIpc) is 2.89. The highest BCUT2D eigenvalue weighted by molar-refractivity contribution is 7.09. The van der Waals surface area contributed by atoms with Crippen LogP contribution in [0.1, 0.15) is 23.5 Å². The Morgan fingerprint density at radius 1 is 1.59 bits per heavy atom. The van der Waals surface area contributed by atoms with Crippen molar-refractivity contribution in [1.82, 2.24) is 14.8 Å². The summed E-state index contributed by atoms with van der Waals surface area (Å²) in [6.45, 7) is 3.34. The van der Waals surface area contributed by atoms with E-state index in [0.717, 1.165) is 18.8 Å². The van der Waals surface area contributed by atoms with Crippen LogP contribution in [-0.4, -0.2) is 48.0 Å². The zero-order chi connectivity index (χ0) is 12.3. The van der Waals surface area contributed by atoms with E-state index in [4.69, 9.17) is 11.6 Å². The second-order valence-corrected chi connectivity index (χ2v) is 6.10. The molecule has 0 spiro atoms. The third-order valence-corrected chi connectivity index (χ3v) is 4.31. The van der Waals surface area contributed by atoms with Crippen LogP contribution >= 0.6 is 22.9 Å². The molecule has 1 saturated heterocycles. The van der Waals surface area contributed by atoms with Gasteiger partial charge in [-0.25, -0.2) is 4.98 Å². The second-order valence-electron chi connectivity index (χ2n) is 4.89. The van der Waals surface area contributed by atoms with Crippen molar-refractivity contribution >= 4 is 22.9 Å². The first-order chi connectivity index (χ1) is 8.19. The first-order valence-electron chi connectivity index (χ1n) is 6.07. The Morgan fingerprint density at radius 2 is 2.41 bits per heavy atom. The predicted octanol–water partition coefficient (Wildman–Crippen LogP) is 2.41. The molecule has 1 unspecified atom stereocenters. The van der Waals surface area contributed by atoms with Crippen molar-refractivity contribution in [1.29, 1.82) is 0 Å². The van der Waals surface area contributed by atoms with E-state index in [1.165, 1.54) is 24.4 Å². The number of aromatic nitrogens is 1. The van der Waals surface area contributed by atoms with Gasteiger partial charge < -0.3 is 4.90 Å². The van der Waals surface area contributed by atoms with Crippen LogP contribution in [0, 0.1) is 0 Å². The minimum atomic E-state index is 0.525. The fraction of sp³-hybridized carbons (Fsp3) is 0.750. The fourth-order valence-electron chi connectivity index (χ4n) is 2.39. The van der Waals surface area contributed by atoms with E-state index in [0.29, 0.717) is 11.9 Å². The maximum atomic E-state index is 5.78. The molecule has 0 aromatic carbocycles. The lowest BCUT2D eigenvalue weighted by Crippen LogP contribution is -2.37. The molecule has 17 heavy (non-hydrogen) atoms. The Morgan fingerprint density at radius 3 is 3.06 bits per heavy atom. The van der Waals surface area contributed by atoms with E-state index >= 15 is 0 Å².